The number of imide groups is 1. The summed E-state index contributed by atoms with van der Waals surface area (Å²) in [7, 11) is 0. The second-order valence-electron chi connectivity index (χ2n) is 6.91. The molecule has 4 rings (SSSR count). The van der Waals surface area contributed by atoms with E-state index in [1.165, 1.54) is 4.90 Å². The number of hydrogen-bond acceptors (Lipinski definition) is 4. The number of carbonyl (C=O) groups is 2. The Morgan fingerprint density at radius 3 is 2.57 bits per heavy atom. The number of amides is 3. The number of urea groups is 1. The van der Waals surface area contributed by atoms with Gasteiger partial charge in [0.15, 0.2) is 11.5 Å². The van der Waals surface area contributed by atoms with Crippen molar-refractivity contribution < 1.29 is 19.1 Å². The first-order chi connectivity index (χ1) is 13.4. The highest BCUT2D eigenvalue weighted by atomic mass is 35.5. The van der Waals surface area contributed by atoms with Crippen molar-refractivity contribution in [2.75, 3.05) is 13.2 Å². The zero-order valence-electron chi connectivity index (χ0n) is 15.1. The lowest BCUT2D eigenvalue weighted by atomic mass is 9.92. The Morgan fingerprint density at radius 1 is 1.11 bits per heavy atom. The van der Waals surface area contributed by atoms with Crippen LogP contribution in [0.5, 0.6) is 11.5 Å². The Bertz CT molecular complexity index is 948. The highest BCUT2D eigenvalue weighted by molar-refractivity contribution is 6.32. The van der Waals surface area contributed by atoms with Crippen LogP contribution < -0.4 is 14.8 Å². The summed E-state index contributed by atoms with van der Waals surface area (Å²) in [5.41, 5.74) is 0.184. The molecule has 2 aliphatic rings. The van der Waals surface area contributed by atoms with E-state index in [9.17, 15) is 9.59 Å². The molecular weight excluding hydrogens is 403 g/mol. The molecule has 2 heterocycles. The number of hydrogen-bond donors (Lipinski definition) is 1. The van der Waals surface area contributed by atoms with Crippen molar-refractivity contribution in [2.45, 2.75) is 25.4 Å². The lowest BCUT2D eigenvalue weighted by molar-refractivity contribution is -0.131. The maximum absolute atomic E-state index is 13.1. The zero-order chi connectivity index (χ0) is 19.9. The molecule has 146 valence electrons. The smallest absolute Gasteiger partial charge is 0.325 e. The van der Waals surface area contributed by atoms with Gasteiger partial charge in [-0.1, -0.05) is 35.3 Å². The second kappa shape index (κ2) is 7.18. The Balaban J connectivity index is 1.61. The predicted octanol–water partition coefficient (Wildman–Crippen LogP) is 4.12. The fourth-order valence-electron chi connectivity index (χ4n) is 3.38. The summed E-state index contributed by atoms with van der Waals surface area (Å²) in [5.74, 6) is 0.668. The van der Waals surface area contributed by atoms with Crippen LogP contribution in [-0.4, -0.2) is 30.1 Å². The molecule has 2 aliphatic heterocycles. The quantitative estimate of drug-likeness (QED) is 0.758. The molecule has 3 amide bonds. The summed E-state index contributed by atoms with van der Waals surface area (Å²) in [6, 6.07) is 9.81. The van der Waals surface area contributed by atoms with Crippen molar-refractivity contribution in [2.24, 2.45) is 0 Å². The van der Waals surface area contributed by atoms with Gasteiger partial charge in [-0.25, -0.2) is 4.79 Å². The average Bonchev–Trinajstić information content (AvgIpc) is 2.84. The number of rotatable bonds is 3. The Kier molecular flexibility index (Phi) is 4.85. The van der Waals surface area contributed by atoms with Gasteiger partial charge in [-0.2, -0.15) is 0 Å². The average molecular weight is 421 g/mol. The maximum Gasteiger partial charge on any atom is 0.325 e. The van der Waals surface area contributed by atoms with Gasteiger partial charge in [-0.05, 0) is 42.3 Å². The third-order valence-corrected chi connectivity index (χ3v) is 5.43. The van der Waals surface area contributed by atoms with Crippen molar-refractivity contribution >= 4 is 35.1 Å². The molecular formula is C20H18Cl2N2O4. The third kappa shape index (κ3) is 3.27. The number of carbonyl (C=O) groups excluding carboxylic acids is 2. The van der Waals surface area contributed by atoms with Crippen LogP contribution in [0.3, 0.4) is 0 Å². The van der Waals surface area contributed by atoms with Gasteiger partial charge in [-0.3, -0.25) is 9.69 Å². The lowest BCUT2D eigenvalue weighted by Crippen LogP contribution is -2.40. The van der Waals surface area contributed by atoms with Crippen LogP contribution in [0.25, 0.3) is 0 Å². The number of benzene rings is 2. The Hall–Kier alpha value is -2.44. The van der Waals surface area contributed by atoms with E-state index < -0.39 is 11.6 Å². The van der Waals surface area contributed by atoms with Gasteiger partial charge in [0.2, 0.25) is 0 Å². The molecule has 0 aliphatic carbocycles. The highest BCUT2D eigenvalue weighted by Crippen LogP contribution is 2.39. The molecule has 1 atom stereocenters. The topological polar surface area (TPSA) is 67.9 Å². The molecule has 2 aromatic rings. The summed E-state index contributed by atoms with van der Waals surface area (Å²) in [6.07, 6.45) is 0.757. The number of nitrogens with one attached hydrogen (secondary N) is 1. The van der Waals surface area contributed by atoms with Crippen molar-refractivity contribution in [3.05, 3.63) is 57.6 Å². The maximum atomic E-state index is 13.1. The molecule has 1 saturated heterocycles. The van der Waals surface area contributed by atoms with Gasteiger partial charge >= 0.3 is 6.03 Å². The van der Waals surface area contributed by atoms with E-state index in [-0.39, 0.29) is 12.5 Å². The van der Waals surface area contributed by atoms with Crippen LogP contribution in [0.1, 0.15) is 24.5 Å². The molecule has 1 fully saturated rings. The van der Waals surface area contributed by atoms with E-state index in [1.807, 2.05) is 0 Å². The van der Waals surface area contributed by atoms with Gasteiger partial charge in [0.05, 0.1) is 24.8 Å². The van der Waals surface area contributed by atoms with Crippen molar-refractivity contribution in [3.63, 3.8) is 0 Å². The van der Waals surface area contributed by atoms with Crippen molar-refractivity contribution in [1.29, 1.82) is 0 Å². The fraction of sp³-hybridized carbons (Fsp3) is 0.300. The molecule has 28 heavy (non-hydrogen) atoms. The largest absolute Gasteiger partial charge is 0.489 e. The minimum atomic E-state index is -1.16. The molecule has 6 nitrogen and oxygen atoms in total. The first kappa shape index (κ1) is 18.9. The van der Waals surface area contributed by atoms with E-state index in [0.29, 0.717) is 45.9 Å². The van der Waals surface area contributed by atoms with Crippen molar-refractivity contribution in [3.8, 4) is 11.5 Å². The Labute approximate surface area is 172 Å². The van der Waals surface area contributed by atoms with Crippen LogP contribution >= 0.6 is 23.2 Å². The summed E-state index contributed by atoms with van der Waals surface area (Å²) in [4.78, 5) is 26.8. The van der Waals surface area contributed by atoms with Gasteiger partial charge in [0.1, 0.15) is 5.54 Å². The van der Waals surface area contributed by atoms with E-state index >= 15 is 0 Å². The second-order valence-corrected chi connectivity index (χ2v) is 7.75. The first-order valence-corrected chi connectivity index (χ1v) is 9.62. The van der Waals surface area contributed by atoms with Crippen LogP contribution in [0, 0.1) is 0 Å². The van der Waals surface area contributed by atoms with Gasteiger partial charge < -0.3 is 14.8 Å². The Morgan fingerprint density at radius 2 is 1.82 bits per heavy atom. The predicted molar refractivity (Wildman–Crippen MR) is 105 cm³/mol. The molecule has 1 N–H and O–H groups in total. The van der Waals surface area contributed by atoms with E-state index in [0.717, 1.165) is 6.42 Å². The molecule has 0 spiro atoms. The third-order valence-electron chi connectivity index (χ3n) is 4.90. The minimum absolute atomic E-state index is 0.0736. The molecule has 0 radical (unpaired) electrons. The summed E-state index contributed by atoms with van der Waals surface area (Å²) in [5, 5.41) is 3.73. The van der Waals surface area contributed by atoms with E-state index in [2.05, 4.69) is 5.32 Å². The SMILES string of the molecule is C[C@]1(c2ccc(Cl)cc2)NC(=O)N(Cc2cc(Cl)c3c(c2)OCCCO3)C1=O. The zero-order valence-corrected chi connectivity index (χ0v) is 16.6. The highest BCUT2D eigenvalue weighted by Gasteiger charge is 2.48. The van der Waals surface area contributed by atoms with E-state index in [4.69, 9.17) is 32.7 Å². The number of halogens is 2. The number of nitrogens with zero attached hydrogens (tertiary/aromatic N) is 1. The fourth-order valence-corrected chi connectivity index (χ4v) is 3.79. The lowest BCUT2D eigenvalue weighted by Gasteiger charge is -2.22. The normalized spacial score (nSPS) is 21.5. The molecule has 2 aromatic carbocycles. The number of ether oxygens (including phenoxy) is 2. The van der Waals surface area contributed by atoms with Crippen LogP contribution in [0.4, 0.5) is 4.79 Å². The van der Waals surface area contributed by atoms with Gasteiger partial charge in [0, 0.05) is 11.4 Å². The van der Waals surface area contributed by atoms with Gasteiger partial charge in [0.25, 0.3) is 5.91 Å². The van der Waals surface area contributed by atoms with Crippen LogP contribution in [0.2, 0.25) is 10.0 Å². The molecule has 0 aromatic heterocycles. The summed E-state index contributed by atoms with van der Waals surface area (Å²) >= 11 is 12.3. The first-order valence-electron chi connectivity index (χ1n) is 8.86. The van der Waals surface area contributed by atoms with E-state index in [1.54, 1.807) is 43.3 Å². The summed E-state index contributed by atoms with van der Waals surface area (Å²) in [6.45, 7) is 2.80. The minimum Gasteiger partial charge on any atom is -0.489 e. The van der Waals surface area contributed by atoms with Crippen molar-refractivity contribution in [1.82, 2.24) is 10.2 Å². The standard InChI is InChI=1S/C20H18Cl2N2O4/c1-20(13-3-5-14(21)6-4-13)18(25)24(19(26)23-20)11-12-9-15(22)17-16(10-12)27-7-2-8-28-17/h3-6,9-10H,2,7-8,11H2,1H3,(H,23,26)/t20-/m1/s1. The van der Waals surface area contributed by atoms with Crippen LogP contribution in [0.15, 0.2) is 36.4 Å². The number of fused-ring (bicyclic) bond motifs is 1. The van der Waals surface area contributed by atoms with Crippen LogP contribution in [-0.2, 0) is 16.9 Å². The molecule has 8 heteroatoms. The molecule has 0 saturated carbocycles. The molecule has 0 bridgehead atoms. The van der Waals surface area contributed by atoms with Gasteiger partial charge in [-0.15, -0.1) is 0 Å². The molecule has 0 unspecified atom stereocenters. The summed E-state index contributed by atoms with van der Waals surface area (Å²) < 4.78 is 11.3. The monoisotopic (exact) mass is 420 g/mol.